The van der Waals surface area contributed by atoms with Crippen molar-refractivity contribution in [2.75, 3.05) is 21.1 Å². The zero-order chi connectivity index (χ0) is 14.9. The Balaban J connectivity index is 2.41. The van der Waals surface area contributed by atoms with Gasteiger partial charge in [-0.25, -0.2) is 0 Å². The van der Waals surface area contributed by atoms with Crippen LogP contribution in [-0.2, 0) is 7.05 Å². The number of halogens is 1. The molecule has 1 aliphatic rings. The van der Waals surface area contributed by atoms with Gasteiger partial charge in [0.25, 0.3) is 0 Å². The molecule has 1 aromatic heterocycles. The summed E-state index contributed by atoms with van der Waals surface area (Å²) in [5.74, 6) is 0.843. The van der Waals surface area contributed by atoms with Gasteiger partial charge in [-0.05, 0) is 68.7 Å². The number of hydrogen-bond acceptors (Lipinski definition) is 3. The molecule has 0 spiro atoms. The van der Waals surface area contributed by atoms with Crippen molar-refractivity contribution in [2.24, 2.45) is 13.0 Å². The van der Waals surface area contributed by atoms with Gasteiger partial charge in [-0.2, -0.15) is 5.10 Å². The third-order valence-corrected chi connectivity index (χ3v) is 5.68. The molecule has 1 N–H and O–H groups in total. The first-order valence-corrected chi connectivity index (χ1v) is 8.23. The monoisotopic (exact) mass is 342 g/mol. The summed E-state index contributed by atoms with van der Waals surface area (Å²) in [7, 11) is 8.52. The number of nitrogens with one attached hydrogen (secondary N) is 1. The molecule has 0 saturated heterocycles. The Labute approximate surface area is 131 Å². The van der Waals surface area contributed by atoms with Gasteiger partial charge in [-0.3, -0.25) is 4.68 Å². The van der Waals surface area contributed by atoms with Crippen molar-refractivity contribution in [3.8, 4) is 0 Å². The first kappa shape index (κ1) is 16.0. The fourth-order valence-electron chi connectivity index (χ4n) is 3.66. The maximum atomic E-state index is 4.40. The zero-order valence-corrected chi connectivity index (χ0v) is 14.9. The molecule has 1 unspecified atom stereocenters. The predicted octanol–water partition coefficient (Wildman–Crippen LogP) is 2.95. The smallest absolute Gasteiger partial charge is 0.0711 e. The van der Waals surface area contributed by atoms with Gasteiger partial charge < -0.3 is 10.2 Å². The summed E-state index contributed by atoms with van der Waals surface area (Å²) >= 11 is 3.67. The molecule has 5 heteroatoms. The van der Waals surface area contributed by atoms with Crippen molar-refractivity contribution in [1.29, 1.82) is 0 Å². The van der Waals surface area contributed by atoms with Gasteiger partial charge in [0.15, 0.2) is 0 Å². The lowest BCUT2D eigenvalue weighted by Crippen LogP contribution is -2.55. The molecule has 0 amide bonds. The van der Waals surface area contributed by atoms with Gasteiger partial charge in [0.05, 0.1) is 22.4 Å². The first-order valence-electron chi connectivity index (χ1n) is 7.44. The van der Waals surface area contributed by atoms with Crippen LogP contribution in [0.5, 0.6) is 0 Å². The highest BCUT2D eigenvalue weighted by Crippen LogP contribution is 2.44. The summed E-state index contributed by atoms with van der Waals surface area (Å²) in [6, 6.07) is 0.284. The third kappa shape index (κ3) is 2.68. The normalized spacial score (nSPS) is 28.9. The SMILES string of the molecule is CNC(c1c(Br)cnn1C)C1(N(C)C)CCC(C)CC1. The molecular weight excluding hydrogens is 316 g/mol. The minimum absolute atomic E-state index is 0.164. The fraction of sp³-hybridized carbons (Fsp3) is 0.800. The van der Waals surface area contributed by atoms with Gasteiger partial charge >= 0.3 is 0 Å². The van der Waals surface area contributed by atoms with Gasteiger partial charge in [-0.1, -0.05) is 6.92 Å². The van der Waals surface area contributed by atoms with Crippen molar-refractivity contribution < 1.29 is 0 Å². The molecule has 20 heavy (non-hydrogen) atoms. The summed E-state index contributed by atoms with van der Waals surface area (Å²) in [5, 5.41) is 7.96. The summed E-state index contributed by atoms with van der Waals surface area (Å²) in [5.41, 5.74) is 1.41. The Morgan fingerprint density at radius 1 is 1.45 bits per heavy atom. The van der Waals surface area contributed by atoms with Gasteiger partial charge in [0.1, 0.15) is 0 Å². The molecule has 1 saturated carbocycles. The average molecular weight is 343 g/mol. The van der Waals surface area contributed by atoms with Crippen LogP contribution in [0.1, 0.15) is 44.3 Å². The van der Waals surface area contributed by atoms with Crippen LogP contribution in [0.15, 0.2) is 10.7 Å². The predicted molar refractivity (Wildman–Crippen MR) is 86.8 cm³/mol. The maximum absolute atomic E-state index is 4.40. The maximum Gasteiger partial charge on any atom is 0.0711 e. The lowest BCUT2D eigenvalue weighted by Gasteiger charge is -2.49. The van der Waals surface area contributed by atoms with Crippen LogP contribution in [0.25, 0.3) is 0 Å². The quantitative estimate of drug-likeness (QED) is 0.913. The first-order chi connectivity index (χ1) is 9.42. The summed E-state index contributed by atoms with van der Waals surface area (Å²) in [6.45, 7) is 2.37. The highest BCUT2D eigenvalue weighted by molar-refractivity contribution is 9.10. The highest BCUT2D eigenvalue weighted by Gasteiger charge is 2.44. The summed E-state index contributed by atoms with van der Waals surface area (Å²) in [6.07, 6.45) is 6.95. The van der Waals surface area contributed by atoms with Crippen LogP contribution in [0.2, 0.25) is 0 Å². The zero-order valence-electron chi connectivity index (χ0n) is 13.3. The minimum atomic E-state index is 0.164. The van der Waals surface area contributed by atoms with E-state index in [1.165, 1.54) is 31.4 Å². The lowest BCUT2D eigenvalue weighted by molar-refractivity contribution is 0.0426. The van der Waals surface area contributed by atoms with E-state index in [0.717, 1.165) is 10.4 Å². The largest absolute Gasteiger partial charge is 0.310 e. The molecule has 114 valence electrons. The number of aromatic nitrogens is 2. The van der Waals surface area contributed by atoms with E-state index in [1.54, 1.807) is 0 Å². The molecule has 1 heterocycles. The average Bonchev–Trinajstić information content (AvgIpc) is 2.73. The van der Waals surface area contributed by atoms with Crippen LogP contribution < -0.4 is 5.32 Å². The molecule has 1 atom stereocenters. The molecule has 0 bridgehead atoms. The van der Waals surface area contributed by atoms with E-state index in [0.29, 0.717) is 0 Å². The van der Waals surface area contributed by atoms with Gasteiger partial charge in [0, 0.05) is 12.6 Å². The van der Waals surface area contributed by atoms with Crippen molar-refractivity contribution >= 4 is 15.9 Å². The second kappa shape index (κ2) is 6.16. The highest BCUT2D eigenvalue weighted by atomic mass is 79.9. The van der Waals surface area contributed by atoms with E-state index in [2.05, 4.69) is 59.3 Å². The second-order valence-electron chi connectivity index (χ2n) is 6.40. The number of likely N-dealkylation sites (N-methyl/N-ethyl adjacent to an activating group) is 2. The molecule has 1 fully saturated rings. The van der Waals surface area contributed by atoms with Crippen molar-refractivity contribution in [3.05, 3.63) is 16.4 Å². The molecule has 0 aromatic carbocycles. The number of hydrogen-bond donors (Lipinski definition) is 1. The van der Waals surface area contributed by atoms with E-state index in [-0.39, 0.29) is 11.6 Å². The van der Waals surface area contributed by atoms with Crippen molar-refractivity contribution in [2.45, 2.75) is 44.2 Å². The Bertz CT molecular complexity index is 427. The van der Waals surface area contributed by atoms with E-state index in [4.69, 9.17) is 0 Å². The van der Waals surface area contributed by atoms with Gasteiger partial charge in [0.2, 0.25) is 0 Å². The minimum Gasteiger partial charge on any atom is -0.310 e. The van der Waals surface area contributed by atoms with Crippen LogP contribution >= 0.6 is 15.9 Å². The Morgan fingerprint density at radius 3 is 2.45 bits per heavy atom. The molecule has 1 aliphatic carbocycles. The number of rotatable bonds is 4. The van der Waals surface area contributed by atoms with Crippen LogP contribution in [-0.4, -0.2) is 41.4 Å². The molecule has 4 nitrogen and oxygen atoms in total. The Hall–Kier alpha value is -0.390. The molecule has 2 rings (SSSR count). The molecule has 1 aromatic rings. The second-order valence-corrected chi connectivity index (χ2v) is 7.26. The van der Waals surface area contributed by atoms with E-state index < -0.39 is 0 Å². The Kier molecular flexibility index (Phi) is 4.92. The van der Waals surface area contributed by atoms with Crippen LogP contribution in [0.3, 0.4) is 0 Å². The topological polar surface area (TPSA) is 33.1 Å². The van der Waals surface area contributed by atoms with Crippen LogP contribution in [0.4, 0.5) is 0 Å². The third-order valence-electron chi connectivity index (χ3n) is 5.07. The summed E-state index contributed by atoms with van der Waals surface area (Å²) in [4.78, 5) is 2.42. The molecule has 0 aliphatic heterocycles. The standard InChI is InChI=1S/C15H27BrN4/c1-11-6-8-15(9-7-11,19(3)4)14(17-2)13-12(16)10-18-20(13)5/h10-11,14,17H,6-9H2,1-5H3. The van der Waals surface area contributed by atoms with Crippen molar-refractivity contribution in [3.63, 3.8) is 0 Å². The number of nitrogens with zero attached hydrogens (tertiary/aromatic N) is 3. The Morgan fingerprint density at radius 2 is 2.05 bits per heavy atom. The van der Waals surface area contributed by atoms with E-state index in [1.807, 2.05) is 17.9 Å². The summed E-state index contributed by atoms with van der Waals surface area (Å²) < 4.78 is 3.09. The fourth-order valence-corrected chi connectivity index (χ4v) is 4.24. The van der Waals surface area contributed by atoms with Gasteiger partial charge in [-0.15, -0.1) is 0 Å². The van der Waals surface area contributed by atoms with E-state index in [9.17, 15) is 0 Å². The lowest BCUT2D eigenvalue weighted by atomic mass is 9.71. The number of aryl methyl sites for hydroxylation is 1. The van der Waals surface area contributed by atoms with E-state index >= 15 is 0 Å². The molecule has 0 radical (unpaired) electrons. The molecular formula is C15H27BrN4. The van der Waals surface area contributed by atoms with Crippen LogP contribution in [0, 0.1) is 5.92 Å². The van der Waals surface area contributed by atoms with Crippen molar-refractivity contribution in [1.82, 2.24) is 20.0 Å².